The van der Waals surface area contributed by atoms with E-state index in [2.05, 4.69) is 10.3 Å². The molecule has 3 N–H and O–H groups in total. The summed E-state index contributed by atoms with van der Waals surface area (Å²) in [5, 5.41) is 12.3. The SMILES string of the molecule is C[C@H]1c2ccc(C(F)(F)F)cc2CCN1C(=O)CNc1cc2cc(C(=O)N3CCN(C(=O)O)C4CC43)[nH]c(=O)c2cc1F. The first-order valence-electron chi connectivity index (χ1n) is 13.7. The number of aromatic nitrogens is 1. The molecule has 1 aromatic heterocycles. The second-order valence-corrected chi connectivity index (χ2v) is 11.1. The first-order valence-corrected chi connectivity index (χ1v) is 13.7. The van der Waals surface area contributed by atoms with Gasteiger partial charge in [-0.1, -0.05) is 6.07 Å². The summed E-state index contributed by atoms with van der Waals surface area (Å²) in [6.07, 6.45) is -4.75. The molecule has 6 rings (SSSR count). The molecule has 2 aliphatic heterocycles. The minimum Gasteiger partial charge on any atom is -0.465 e. The van der Waals surface area contributed by atoms with Crippen LogP contribution >= 0.6 is 0 Å². The highest BCUT2D eigenvalue weighted by Crippen LogP contribution is 2.38. The molecular weight excluding hydrogens is 574 g/mol. The van der Waals surface area contributed by atoms with Crippen LogP contribution in [0, 0.1) is 5.82 Å². The second-order valence-electron chi connectivity index (χ2n) is 11.1. The van der Waals surface area contributed by atoms with E-state index >= 15 is 0 Å². The summed E-state index contributed by atoms with van der Waals surface area (Å²) in [6, 6.07) is 6.20. The maximum absolute atomic E-state index is 14.9. The minimum absolute atomic E-state index is 0.00501. The molecule has 3 atom stereocenters. The Labute approximate surface area is 241 Å². The fraction of sp³-hybridized carbons (Fsp3) is 0.379. The van der Waals surface area contributed by atoms with E-state index in [1.807, 2.05) is 0 Å². The molecule has 0 bridgehead atoms. The average Bonchev–Trinajstić information content (AvgIpc) is 3.76. The number of aromatic amines is 1. The van der Waals surface area contributed by atoms with Gasteiger partial charge in [0.15, 0.2) is 0 Å². The lowest BCUT2D eigenvalue weighted by atomic mass is 9.91. The maximum atomic E-state index is 14.9. The summed E-state index contributed by atoms with van der Waals surface area (Å²) < 4.78 is 54.3. The Morgan fingerprint density at radius 3 is 2.47 bits per heavy atom. The number of nitrogens with zero attached hydrogens (tertiary/aromatic N) is 3. The molecule has 3 amide bonds. The molecule has 2 unspecified atom stereocenters. The lowest BCUT2D eigenvalue weighted by molar-refractivity contribution is -0.138. The topological polar surface area (TPSA) is 126 Å². The number of pyridine rings is 1. The number of piperazine rings is 1. The Hall–Kier alpha value is -4.62. The number of carbonyl (C=O) groups is 3. The van der Waals surface area contributed by atoms with Crippen molar-refractivity contribution in [2.24, 2.45) is 0 Å². The smallest absolute Gasteiger partial charge is 0.416 e. The van der Waals surface area contributed by atoms with Crippen LogP contribution in [0.5, 0.6) is 0 Å². The van der Waals surface area contributed by atoms with Crippen LogP contribution in [-0.4, -0.2) is 81.0 Å². The van der Waals surface area contributed by atoms with Crippen molar-refractivity contribution in [2.75, 3.05) is 31.5 Å². The highest BCUT2D eigenvalue weighted by Gasteiger charge is 2.52. The zero-order valence-corrected chi connectivity index (χ0v) is 22.9. The number of alkyl halides is 3. The molecular formula is C29H27F4N5O5. The Morgan fingerprint density at radius 1 is 1.02 bits per heavy atom. The van der Waals surface area contributed by atoms with Gasteiger partial charge in [-0.2, -0.15) is 13.2 Å². The zero-order valence-electron chi connectivity index (χ0n) is 22.9. The van der Waals surface area contributed by atoms with Gasteiger partial charge in [-0.3, -0.25) is 14.4 Å². The van der Waals surface area contributed by atoms with E-state index < -0.39 is 41.2 Å². The Bertz CT molecular complexity index is 1720. The fourth-order valence-corrected chi connectivity index (χ4v) is 6.19. The summed E-state index contributed by atoms with van der Waals surface area (Å²) in [7, 11) is 0. The van der Waals surface area contributed by atoms with E-state index in [1.165, 1.54) is 32.9 Å². The molecule has 0 radical (unpaired) electrons. The van der Waals surface area contributed by atoms with Gasteiger partial charge in [0, 0.05) is 19.6 Å². The summed E-state index contributed by atoms with van der Waals surface area (Å²) in [4.78, 5) is 57.3. The van der Waals surface area contributed by atoms with Crippen molar-refractivity contribution in [3.8, 4) is 0 Å². The summed E-state index contributed by atoms with van der Waals surface area (Å²) in [5.74, 6) is -1.64. The lowest BCUT2D eigenvalue weighted by Crippen LogP contribution is -2.50. The van der Waals surface area contributed by atoms with Gasteiger partial charge in [0.05, 0.1) is 41.3 Å². The molecule has 1 aliphatic carbocycles. The molecule has 0 spiro atoms. The molecule has 226 valence electrons. The van der Waals surface area contributed by atoms with Gasteiger partial charge in [0.25, 0.3) is 11.5 Å². The number of carbonyl (C=O) groups excluding carboxylic acids is 2. The highest BCUT2D eigenvalue weighted by atomic mass is 19.4. The molecule has 1 saturated heterocycles. The van der Waals surface area contributed by atoms with Gasteiger partial charge in [-0.25, -0.2) is 9.18 Å². The average molecular weight is 602 g/mol. The fourth-order valence-electron chi connectivity index (χ4n) is 6.19. The predicted molar refractivity (Wildman–Crippen MR) is 146 cm³/mol. The van der Waals surface area contributed by atoms with Crippen molar-refractivity contribution in [2.45, 2.75) is 44.1 Å². The quantitative estimate of drug-likeness (QED) is 0.391. The van der Waals surface area contributed by atoms with E-state index in [9.17, 15) is 41.8 Å². The minimum atomic E-state index is -4.46. The summed E-state index contributed by atoms with van der Waals surface area (Å²) in [5.41, 5.74) is -0.363. The van der Waals surface area contributed by atoms with Crippen molar-refractivity contribution < 1.29 is 37.1 Å². The maximum Gasteiger partial charge on any atom is 0.416 e. The van der Waals surface area contributed by atoms with Crippen molar-refractivity contribution in [3.05, 3.63) is 75.0 Å². The van der Waals surface area contributed by atoms with Crippen molar-refractivity contribution in [1.82, 2.24) is 19.7 Å². The Balaban J connectivity index is 1.17. The number of amides is 3. The monoisotopic (exact) mass is 601 g/mol. The number of rotatable bonds is 4. The van der Waals surface area contributed by atoms with Crippen molar-refractivity contribution in [1.29, 1.82) is 0 Å². The number of nitrogens with one attached hydrogen (secondary N) is 2. The van der Waals surface area contributed by atoms with E-state index in [0.717, 1.165) is 18.2 Å². The van der Waals surface area contributed by atoms with Crippen molar-refractivity contribution >= 4 is 34.4 Å². The molecule has 14 heteroatoms. The molecule has 2 aromatic carbocycles. The molecule has 43 heavy (non-hydrogen) atoms. The number of H-pyrrole nitrogens is 1. The van der Waals surface area contributed by atoms with Gasteiger partial charge in [0.1, 0.15) is 11.5 Å². The van der Waals surface area contributed by atoms with E-state index in [1.54, 1.807) is 6.92 Å². The predicted octanol–water partition coefficient (Wildman–Crippen LogP) is 3.82. The van der Waals surface area contributed by atoms with Gasteiger partial charge in [-0.15, -0.1) is 0 Å². The number of fused-ring (bicyclic) bond motifs is 3. The van der Waals surface area contributed by atoms with E-state index in [-0.39, 0.29) is 72.7 Å². The zero-order chi connectivity index (χ0) is 30.8. The normalized spacial score (nSPS) is 21.3. The van der Waals surface area contributed by atoms with Crippen LogP contribution in [0.2, 0.25) is 0 Å². The van der Waals surface area contributed by atoms with Gasteiger partial charge >= 0.3 is 12.3 Å². The second kappa shape index (κ2) is 10.3. The first-order chi connectivity index (χ1) is 20.3. The Morgan fingerprint density at radius 2 is 1.74 bits per heavy atom. The third-order valence-electron chi connectivity index (χ3n) is 8.54. The standard InChI is InChI=1S/C29H27F4N5O5/c1-14-18-3-2-17(29(31,32)33)8-15(18)4-5-36(14)25(39)13-34-21-9-16-10-22(35-26(40)19(16)11-20(21)30)27(41)37-6-7-38(28(42)43)24-12-23(24)37/h2-3,8-11,14,23-24,34H,4-7,12-13H2,1H3,(H,35,40)(H,42,43)/t14-,23?,24?/m0/s1. The third kappa shape index (κ3) is 5.14. The number of hydrogen-bond donors (Lipinski definition) is 3. The van der Waals surface area contributed by atoms with Crippen LogP contribution in [0.4, 0.5) is 28.0 Å². The molecule has 3 aromatic rings. The van der Waals surface area contributed by atoms with Crippen LogP contribution in [0.3, 0.4) is 0 Å². The largest absolute Gasteiger partial charge is 0.465 e. The third-order valence-corrected chi connectivity index (χ3v) is 8.54. The van der Waals surface area contributed by atoms with Gasteiger partial charge in [0.2, 0.25) is 5.91 Å². The molecule has 3 aliphatic rings. The van der Waals surface area contributed by atoms with Crippen LogP contribution in [-0.2, 0) is 17.4 Å². The number of anilines is 1. The van der Waals surface area contributed by atoms with E-state index in [0.29, 0.717) is 17.5 Å². The summed E-state index contributed by atoms with van der Waals surface area (Å²) >= 11 is 0. The van der Waals surface area contributed by atoms with Gasteiger partial charge in [-0.05, 0) is 66.6 Å². The van der Waals surface area contributed by atoms with Crippen LogP contribution in [0.25, 0.3) is 10.8 Å². The van der Waals surface area contributed by atoms with Crippen LogP contribution < -0.4 is 10.9 Å². The van der Waals surface area contributed by atoms with Crippen LogP contribution in [0.15, 0.2) is 41.2 Å². The molecule has 1 saturated carbocycles. The molecule has 2 fully saturated rings. The number of benzene rings is 2. The van der Waals surface area contributed by atoms with Crippen LogP contribution in [0.1, 0.15) is 46.6 Å². The number of carboxylic acid groups (broad SMARTS) is 1. The lowest BCUT2D eigenvalue weighted by Gasteiger charge is -2.35. The number of halogens is 4. The van der Waals surface area contributed by atoms with Gasteiger partial charge < -0.3 is 30.1 Å². The Kier molecular flexibility index (Phi) is 6.81. The van der Waals surface area contributed by atoms with Crippen molar-refractivity contribution in [3.63, 3.8) is 0 Å². The summed E-state index contributed by atoms with van der Waals surface area (Å²) in [6.45, 7) is 1.93. The van der Waals surface area contributed by atoms with E-state index in [4.69, 9.17) is 0 Å². The molecule has 10 nitrogen and oxygen atoms in total. The highest BCUT2D eigenvalue weighted by molar-refractivity contribution is 5.97. The first kappa shape index (κ1) is 28.5. The molecule has 3 heterocycles. The number of hydrogen-bond acceptors (Lipinski definition) is 5.